The smallest absolute Gasteiger partial charge is 0.240 e. The Bertz CT molecular complexity index is 770. The largest absolute Gasteiger partial charge is 0.508 e. The van der Waals surface area contributed by atoms with Crippen LogP contribution in [0.2, 0.25) is 0 Å². The summed E-state index contributed by atoms with van der Waals surface area (Å²) in [7, 11) is -3.77. The number of aromatic nitrogens is 1. The molecule has 0 unspecified atom stereocenters. The van der Waals surface area contributed by atoms with Gasteiger partial charge in [-0.3, -0.25) is 0 Å². The predicted octanol–water partition coefficient (Wildman–Crippen LogP) is 3.73. The van der Waals surface area contributed by atoms with Gasteiger partial charge in [0.05, 0.1) is 0 Å². The van der Waals surface area contributed by atoms with Gasteiger partial charge in [-0.05, 0) is 78.1 Å². The highest BCUT2D eigenvalue weighted by molar-refractivity contribution is 9.42. The van der Waals surface area contributed by atoms with E-state index in [4.69, 9.17) is 0 Å². The van der Waals surface area contributed by atoms with Crippen LogP contribution in [0.15, 0.2) is 41.6 Å². The molecule has 21 heavy (non-hydrogen) atoms. The molecule has 9 heteroatoms. The van der Waals surface area contributed by atoms with Crippen molar-refractivity contribution in [2.24, 2.45) is 0 Å². The molecule has 0 amide bonds. The topological polar surface area (TPSA) is 87.5 Å². The SMILES string of the molecule is O=S(=O)(c1ccc(-c2cc(O)ccc2O)cn1)C(Br)(Br)Br. The van der Waals surface area contributed by atoms with Gasteiger partial charge in [-0.1, -0.05) is 0 Å². The molecule has 1 aromatic carbocycles. The summed E-state index contributed by atoms with van der Waals surface area (Å²) in [6.07, 6.45) is 1.31. The Morgan fingerprint density at radius 1 is 1.05 bits per heavy atom. The van der Waals surface area contributed by atoms with E-state index >= 15 is 0 Å². The summed E-state index contributed by atoms with van der Waals surface area (Å²) >= 11 is 8.86. The van der Waals surface area contributed by atoms with Crippen LogP contribution in [0.4, 0.5) is 0 Å². The predicted molar refractivity (Wildman–Crippen MR) is 89.7 cm³/mol. The number of halogens is 3. The summed E-state index contributed by atoms with van der Waals surface area (Å²) in [6, 6.07) is 6.86. The molecule has 0 atom stereocenters. The monoisotopic (exact) mass is 499 g/mol. The van der Waals surface area contributed by atoms with E-state index in [2.05, 4.69) is 52.8 Å². The molecule has 0 bridgehead atoms. The number of hydrogen-bond acceptors (Lipinski definition) is 5. The normalized spacial score (nSPS) is 12.3. The maximum Gasteiger partial charge on any atom is 0.240 e. The summed E-state index contributed by atoms with van der Waals surface area (Å²) in [6.45, 7) is 0. The second-order valence-corrected chi connectivity index (χ2v) is 14.4. The third-order valence-electron chi connectivity index (χ3n) is 2.61. The first-order valence-electron chi connectivity index (χ1n) is 5.42. The summed E-state index contributed by atoms with van der Waals surface area (Å²) in [4.78, 5) is 3.89. The van der Waals surface area contributed by atoms with Crippen LogP contribution in [0.3, 0.4) is 0 Å². The van der Waals surface area contributed by atoms with Crippen molar-refractivity contribution in [3.63, 3.8) is 0 Å². The van der Waals surface area contributed by atoms with E-state index in [9.17, 15) is 18.6 Å². The van der Waals surface area contributed by atoms with Gasteiger partial charge in [0, 0.05) is 17.3 Å². The van der Waals surface area contributed by atoms with E-state index in [1.54, 1.807) is 0 Å². The minimum absolute atomic E-state index is 0.0140. The zero-order valence-electron chi connectivity index (χ0n) is 10.2. The highest BCUT2D eigenvalue weighted by Gasteiger charge is 2.38. The maximum atomic E-state index is 12.1. The van der Waals surface area contributed by atoms with Crippen molar-refractivity contribution < 1.29 is 18.6 Å². The number of phenolic OH excluding ortho intramolecular Hbond substituents is 2. The van der Waals surface area contributed by atoms with Crippen LogP contribution in [0.25, 0.3) is 11.1 Å². The van der Waals surface area contributed by atoms with Gasteiger partial charge in [-0.25, -0.2) is 13.4 Å². The van der Waals surface area contributed by atoms with Crippen molar-refractivity contribution in [2.45, 2.75) is 6.50 Å². The molecule has 0 aliphatic carbocycles. The summed E-state index contributed by atoms with van der Waals surface area (Å²) in [5, 5.41) is 19.1. The highest BCUT2D eigenvalue weighted by Crippen LogP contribution is 2.43. The van der Waals surface area contributed by atoms with Gasteiger partial charge in [0.1, 0.15) is 11.5 Å². The Hall–Kier alpha value is -0.640. The van der Waals surface area contributed by atoms with E-state index in [-0.39, 0.29) is 16.5 Å². The van der Waals surface area contributed by atoms with Gasteiger partial charge in [0.15, 0.2) is 5.03 Å². The number of benzene rings is 1. The van der Waals surface area contributed by atoms with Gasteiger partial charge >= 0.3 is 0 Å². The van der Waals surface area contributed by atoms with E-state index in [0.29, 0.717) is 11.1 Å². The number of phenols is 2. The van der Waals surface area contributed by atoms with Gasteiger partial charge in [0.25, 0.3) is 0 Å². The number of pyridine rings is 1. The Morgan fingerprint density at radius 2 is 1.71 bits per heavy atom. The number of sulfone groups is 1. The zero-order valence-corrected chi connectivity index (χ0v) is 15.7. The highest BCUT2D eigenvalue weighted by atomic mass is 80.0. The average Bonchev–Trinajstić information content (AvgIpc) is 2.40. The van der Waals surface area contributed by atoms with Crippen molar-refractivity contribution in [1.82, 2.24) is 4.98 Å². The fraction of sp³-hybridized carbons (Fsp3) is 0.0833. The van der Waals surface area contributed by atoms with Gasteiger partial charge in [-0.15, -0.1) is 0 Å². The molecular weight excluding hydrogens is 494 g/mol. The third kappa shape index (κ3) is 3.41. The number of hydrogen-bond donors (Lipinski definition) is 2. The van der Waals surface area contributed by atoms with E-state index in [1.165, 1.54) is 36.5 Å². The third-order valence-corrected chi connectivity index (χ3v) is 7.84. The van der Waals surface area contributed by atoms with Crippen molar-refractivity contribution in [2.75, 3.05) is 0 Å². The molecule has 0 saturated heterocycles. The Kier molecular flexibility index (Phi) is 4.67. The van der Waals surface area contributed by atoms with Crippen LogP contribution in [0, 0.1) is 0 Å². The fourth-order valence-corrected chi connectivity index (χ4v) is 3.74. The Balaban J connectivity index is 2.47. The summed E-state index contributed by atoms with van der Waals surface area (Å²) < 4.78 is 22.8. The molecule has 0 spiro atoms. The molecule has 1 heterocycles. The van der Waals surface area contributed by atoms with Gasteiger partial charge < -0.3 is 10.2 Å². The molecular formula is C12H8Br3NO4S. The number of rotatable bonds is 2. The molecule has 2 N–H and O–H groups in total. The summed E-state index contributed by atoms with van der Waals surface area (Å²) in [5.74, 6) is -0.0547. The molecule has 5 nitrogen and oxygen atoms in total. The first kappa shape index (κ1) is 16.7. The van der Waals surface area contributed by atoms with Crippen LogP contribution < -0.4 is 0 Å². The van der Waals surface area contributed by atoms with E-state index in [1.807, 2.05) is 0 Å². The maximum absolute atomic E-state index is 12.1. The minimum Gasteiger partial charge on any atom is -0.508 e. The lowest BCUT2D eigenvalue weighted by Gasteiger charge is -2.13. The van der Waals surface area contributed by atoms with Gasteiger partial charge in [0.2, 0.25) is 11.3 Å². The quantitative estimate of drug-likeness (QED) is 0.483. The molecule has 0 aliphatic rings. The lowest BCUT2D eigenvalue weighted by Crippen LogP contribution is -2.18. The van der Waals surface area contributed by atoms with Crippen LogP contribution in [0.1, 0.15) is 0 Å². The first-order valence-corrected chi connectivity index (χ1v) is 9.29. The number of nitrogens with zero attached hydrogens (tertiary/aromatic N) is 1. The van der Waals surface area contributed by atoms with Crippen molar-refractivity contribution >= 4 is 57.6 Å². The van der Waals surface area contributed by atoms with E-state index in [0.717, 1.165) is 0 Å². The van der Waals surface area contributed by atoms with Gasteiger partial charge in [-0.2, -0.15) is 0 Å². The molecule has 0 fully saturated rings. The lowest BCUT2D eigenvalue weighted by atomic mass is 10.1. The minimum atomic E-state index is -3.77. The number of aromatic hydroxyl groups is 2. The summed E-state index contributed by atoms with van der Waals surface area (Å²) in [5.41, 5.74) is 0.834. The van der Waals surface area contributed by atoms with Crippen LogP contribution >= 0.6 is 47.8 Å². The van der Waals surface area contributed by atoms with E-state index < -0.39 is 11.3 Å². The van der Waals surface area contributed by atoms with Crippen molar-refractivity contribution in [3.05, 3.63) is 36.5 Å². The van der Waals surface area contributed by atoms with Crippen LogP contribution in [0.5, 0.6) is 11.5 Å². The second kappa shape index (κ2) is 5.86. The first-order chi connectivity index (χ1) is 9.63. The Morgan fingerprint density at radius 3 is 2.24 bits per heavy atom. The number of alkyl halides is 3. The molecule has 0 aliphatic heterocycles. The lowest BCUT2D eigenvalue weighted by molar-refractivity contribution is 0.462. The molecule has 2 aromatic rings. The average molecular weight is 502 g/mol. The van der Waals surface area contributed by atoms with Crippen molar-refractivity contribution in [3.8, 4) is 22.6 Å². The standard InChI is InChI=1S/C12H8Br3NO4S/c13-12(14,15)21(19,20)11-4-1-7(6-16-11)9-5-8(17)2-3-10(9)18/h1-6,17-18H. The molecule has 112 valence electrons. The van der Waals surface area contributed by atoms with Crippen molar-refractivity contribution in [1.29, 1.82) is 0 Å². The van der Waals surface area contributed by atoms with Crippen LogP contribution in [-0.4, -0.2) is 25.1 Å². The Labute approximate surface area is 146 Å². The molecule has 1 aromatic heterocycles. The molecule has 2 rings (SSSR count). The fourth-order valence-electron chi connectivity index (χ4n) is 1.57. The molecule has 0 saturated carbocycles. The second-order valence-electron chi connectivity index (χ2n) is 4.04. The zero-order chi connectivity index (χ0) is 15.8. The van der Waals surface area contributed by atoms with Crippen LogP contribution in [-0.2, 0) is 9.84 Å². The molecule has 0 radical (unpaired) electrons.